The maximum Gasteiger partial charge on any atom is 0.342 e. The van der Waals surface area contributed by atoms with Crippen molar-refractivity contribution in [3.8, 4) is 5.75 Å². The molecule has 0 fully saturated rings. The summed E-state index contributed by atoms with van der Waals surface area (Å²) in [5, 5.41) is 0. The van der Waals surface area contributed by atoms with Gasteiger partial charge in [0.2, 0.25) is 0 Å². The van der Waals surface area contributed by atoms with E-state index in [1.54, 1.807) is 18.2 Å². The summed E-state index contributed by atoms with van der Waals surface area (Å²) in [5.41, 5.74) is 2.43. The van der Waals surface area contributed by atoms with Crippen molar-refractivity contribution in [1.82, 2.24) is 0 Å². The van der Waals surface area contributed by atoms with Gasteiger partial charge < -0.3 is 9.47 Å². The molecule has 0 saturated carbocycles. The molecule has 120 valence electrons. The molecule has 3 aromatic rings. The van der Waals surface area contributed by atoms with Crippen LogP contribution in [0.3, 0.4) is 0 Å². The van der Waals surface area contributed by atoms with Gasteiger partial charge in [0.25, 0.3) is 0 Å². The van der Waals surface area contributed by atoms with Crippen LogP contribution in [0.4, 0.5) is 0 Å². The third kappa shape index (κ3) is 4.23. The van der Waals surface area contributed by atoms with E-state index in [2.05, 4.69) is 0 Å². The molecule has 0 atom stereocenters. The molecule has 0 aromatic heterocycles. The summed E-state index contributed by atoms with van der Waals surface area (Å²) >= 11 is 0. The first kappa shape index (κ1) is 15.8. The number of ether oxygens (including phenoxy) is 2. The monoisotopic (exact) mass is 318 g/mol. The molecule has 0 unspecified atom stereocenters. The SMILES string of the molecule is O=C(OCc1ccccc1)c1ccccc1OCc1ccccc1. The average Bonchev–Trinajstić information content (AvgIpc) is 2.66. The fourth-order valence-electron chi connectivity index (χ4n) is 2.30. The Balaban J connectivity index is 1.65. The molecular weight excluding hydrogens is 300 g/mol. The van der Waals surface area contributed by atoms with Crippen molar-refractivity contribution in [3.05, 3.63) is 102 Å². The zero-order valence-electron chi connectivity index (χ0n) is 13.2. The second kappa shape index (κ2) is 7.97. The van der Waals surface area contributed by atoms with Gasteiger partial charge in [-0.3, -0.25) is 0 Å². The van der Waals surface area contributed by atoms with Crippen LogP contribution in [0.2, 0.25) is 0 Å². The van der Waals surface area contributed by atoms with Crippen LogP contribution in [0, 0.1) is 0 Å². The molecule has 0 N–H and O–H groups in total. The molecule has 3 heteroatoms. The molecule has 0 aliphatic carbocycles. The van der Waals surface area contributed by atoms with E-state index in [0.717, 1.165) is 11.1 Å². The first-order chi connectivity index (χ1) is 11.8. The molecule has 3 rings (SSSR count). The van der Waals surface area contributed by atoms with Gasteiger partial charge in [-0.05, 0) is 23.3 Å². The van der Waals surface area contributed by atoms with Gasteiger partial charge in [0.1, 0.15) is 24.5 Å². The predicted octanol–water partition coefficient (Wildman–Crippen LogP) is 4.62. The Labute approximate surface area is 141 Å². The maximum absolute atomic E-state index is 12.3. The first-order valence-corrected chi connectivity index (χ1v) is 7.80. The third-order valence-corrected chi connectivity index (χ3v) is 3.56. The van der Waals surface area contributed by atoms with Gasteiger partial charge in [-0.1, -0.05) is 72.8 Å². The summed E-state index contributed by atoms with van der Waals surface area (Å²) in [7, 11) is 0. The number of para-hydroxylation sites is 1. The van der Waals surface area contributed by atoms with Crippen molar-refractivity contribution in [3.63, 3.8) is 0 Å². The fourth-order valence-corrected chi connectivity index (χ4v) is 2.30. The first-order valence-electron chi connectivity index (χ1n) is 7.80. The van der Waals surface area contributed by atoms with Crippen molar-refractivity contribution in [1.29, 1.82) is 0 Å². The van der Waals surface area contributed by atoms with E-state index in [4.69, 9.17) is 9.47 Å². The molecule has 0 heterocycles. The average molecular weight is 318 g/mol. The van der Waals surface area contributed by atoms with Crippen molar-refractivity contribution in [2.75, 3.05) is 0 Å². The van der Waals surface area contributed by atoms with Crippen molar-refractivity contribution in [2.45, 2.75) is 13.2 Å². The third-order valence-electron chi connectivity index (χ3n) is 3.56. The topological polar surface area (TPSA) is 35.5 Å². The highest BCUT2D eigenvalue weighted by Crippen LogP contribution is 2.21. The number of carbonyl (C=O) groups is 1. The standard InChI is InChI=1S/C21H18O3/c22-21(24-16-18-11-5-2-6-12-18)19-13-7-8-14-20(19)23-15-17-9-3-1-4-10-17/h1-14H,15-16H2. The highest BCUT2D eigenvalue weighted by atomic mass is 16.5. The van der Waals surface area contributed by atoms with Gasteiger partial charge in [-0.25, -0.2) is 4.79 Å². The number of hydrogen-bond acceptors (Lipinski definition) is 3. The fraction of sp³-hybridized carbons (Fsp3) is 0.0952. The van der Waals surface area contributed by atoms with E-state index in [9.17, 15) is 4.79 Å². The number of esters is 1. The van der Waals surface area contributed by atoms with E-state index in [1.165, 1.54) is 0 Å². The highest BCUT2D eigenvalue weighted by Gasteiger charge is 2.13. The zero-order valence-corrected chi connectivity index (χ0v) is 13.2. The molecule has 0 saturated heterocycles. The van der Waals surface area contributed by atoms with Gasteiger partial charge in [0.15, 0.2) is 0 Å². The Morgan fingerprint density at radius 3 is 1.88 bits per heavy atom. The van der Waals surface area contributed by atoms with Gasteiger partial charge in [-0.2, -0.15) is 0 Å². The second-order valence-corrected chi connectivity index (χ2v) is 5.33. The molecule has 0 amide bonds. The van der Waals surface area contributed by atoms with Crippen LogP contribution in [-0.4, -0.2) is 5.97 Å². The lowest BCUT2D eigenvalue weighted by Crippen LogP contribution is -2.08. The molecule has 0 spiro atoms. The number of carbonyl (C=O) groups excluding carboxylic acids is 1. The van der Waals surface area contributed by atoms with Crippen molar-refractivity contribution < 1.29 is 14.3 Å². The van der Waals surface area contributed by atoms with Crippen LogP contribution in [0.5, 0.6) is 5.75 Å². The number of hydrogen-bond donors (Lipinski definition) is 0. The summed E-state index contributed by atoms with van der Waals surface area (Å²) < 4.78 is 11.2. The second-order valence-electron chi connectivity index (χ2n) is 5.33. The van der Waals surface area contributed by atoms with Crippen LogP contribution in [0.15, 0.2) is 84.9 Å². The molecule has 24 heavy (non-hydrogen) atoms. The lowest BCUT2D eigenvalue weighted by Gasteiger charge is -2.11. The molecule has 0 aliphatic heterocycles. The van der Waals surface area contributed by atoms with E-state index in [1.807, 2.05) is 66.7 Å². The van der Waals surface area contributed by atoms with E-state index < -0.39 is 0 Å². The van der Waals surface area contributed by atoms with Crippen LogP contribution in [-0.2, 0) is 18.0 Å². The predicted molar refractivity (Wildman–Crippen MR) is 92.8 cm³/mol. The quantitative estimate of drug-likeness (QED) is 0.622. The normalized spacial score (nSPS) is 10.2. The molecule has 3 aromatic carbocycles. The highest BCUT2D eigenvalue weighted by molar-refractivity contribution is 5.92. The van der Waals surface area contributed by atoms with E-state index in [0.29, 0.717) is 17.9 Å². The minimum absolute atomic E-state index is 0.243. The largest absolute Gasteiger partial charge is 0.488 e. The van der Waals surface area contributed by atoms with Crippen LogP contribution in [0.1, 0.15) is 21.5 Å². The van der Waals surface area contributed by atoms with Gasteiger partial charge in [0.05, 0.1) is 0 Å². The Kier molecular flexibility index (Phi) is 5.25. The van der Waals surface area contributed by atoms with Crippen molar-refractivity contribution >= 4 is 5.97 Å². The number of rotatable bonds is 6. The van der Waals surface area contributed by atoms with Crippen LogP contribution >= 0.6 is 0 Å². The minimum atomic E-state index is -0.387. The number of benzene rings is 3. The maximum atomic E-state index is 12.3. The van der Waals surface area contributed by atoms with Crippen LogP contribution in [0.25, 0.3) is 0 Å². The van der Waals surface area contributed by atoms with Crippen LogP contribution < -0.4 is 4.74 Å². The lowest BCUT2D eigenvalue weighted by atomic mass is 10.2. The van der Waals surface area contributed by atoms with E-state index in [-0.39, 0.29) is 12.6 Å². The van der Waals surface area contributed by atoms with Gasteiger partial charge >= 0.3 is 5.97 Å². The summed E-state index contributed by atoms with van der Waals surface area (Å²) in [6, 6.07) is 26.6. The summed E-state index contributed by atoms with van der Waals surface area (Å²) in [4.78, 5) is 12.3. The molecule has 0 bridgehead atoms. The molecule has 0 aliphatic rings. The molecular formula is C21H18O3. The smallest absolute Gasteiger partial charge is 0.342 e. The van der Waals surface area contributed by atoms with E-state index >= 15 is 0 Å². The lowest BCUT2D eigenvalue weighted by molar-refractivity contribution is 0.0467. The zero-order chi connectivity index (χ0) is 16.6. The Hall–Kier alpha value is -3.07. The van der Waals surface area contributed by atoms with Gasteiger partial charge in [0, 0.05) is 0 Å². The summed E-state index contributed by atoms with van der Waals surface area (Å²) in [6.07, 6.45) is 0. The molecule has 0 radical (unpaired) electrons. The summed E-state index contributed by atoms with van der Waals surface area (Å²) in [6.45, 7) is 0.649. The Morgan fingerprint density at radius 2 is 1.21 bits per heavy atom. The summed E-state index contributed by atoms with van der Waals surface area (Å²) in [5.74, 6) is 0.141. The van der Waals surface area contributed by atoms with Crippen molar-refractivity contribution in [2.24, 2.45) is 0 Å². The Bertz CT molecular complexity index is 782. The Morgan fingerprint density at radius 1 is 0.667 bits per heavy atom. The van der Waals surface area contributed by atoms with Gasteiger partial charge in [-0.15, -0.1) is 0 Å². The molecule has 3 nitrogen and oxygen atoms in total. The minimum Gasteiger partial charge on any atom is -0.488 e.